The van der Waals surface area contributed by atoms with Crippen molar-refractivity contribution in [2.45, 2.75) is 26.7 Å². The molecule has 1 fully saturated rings. The van der Waals surface area contributed by atoms with E-state index >= 15 is 0 Å². The standard InChI is InChI=1S/C6H13N3.C2H4O2/c1-5-2-3-8-6(4-5)9-7;1-2(3)4/h5H,2-4,7H2,1H3,(H,8,9);1H3,(H,3,4). The number of hydrazone groups is 1. The second kappa shape index (κ2) is 6.28. The fourth-order valence-corrected chi connectivity index (χ4v) is 1.07. The molecule has 0 aromatic rings. The van der Waals surface area contributed by atoms with Gasteiger partial charge in [-0.15, -0.1) is 0 Å². The third-order valence-electron chi connectivity index (χ3n) is 1.66. The van der Waals surface area contributed by atoms with E-state index < -0.39 is 5.97 Å². The van der Waals surface area contributed by atoms with Crippen molar-refractivity contribution in [2.24, 2.45) is 16.9 Å². The number of hydrogen-bond acceptors (Lipinski definition) is 3. The maximum absolute atomic E-state index is 9.00. The van der Waals surface area contributed by atoms with Gasteiger partial charge in [0.1, 0.15) is 5.84 Å². The fraction of sp³-hybridized carbons (Fsp3) is 0.750. The molecule has 0 bridgehead atoms. The zero-order valence-corrected chi connectivity index (χ0v) is 8.08. The van der Waals surface area contributed by atoms with Crippen molar-refractivity contribution in [2.75, 3.05) is 6.54 Å². The second-order valence-corrected chi connectivity index (χ2v) is 3.12. The summed E-state index contributed by atoms with van der Waals surface area (Å²) in [5, 5.41) is 14.1. The van der Waals surface area contributed by atoms with Crippen LogP contribution in [-0.2, 0) is 4.79 Å². The molecule has 1 aliphatic rings. The first-order valence-electron chi connectivity index (χ1n) is 4.26. The second-order valence-electron chi connectivity index (χ2n) is 3.12. The van der Waals surface area contributed by atoms with E-state index in [9.17, 15) is 0 Å². The van der Waals surface area contributed by atoms with E-state index in [1.807, 2.05) is 0 Å². The smallest absolute Gasteiger partial charge is 0.300 e. The molecule has 0 aromatic carbocycles. The van der Waals surface area contributed by atoms with E-state index in [1.165, 1.54) is 6.42 Å². The molecule has 1 atom stereocenters. The molecule has 5 heteroatoms. The molecule has 13 heavy (non-hydrogen) atoms. The zero-order chi connectivity index (χ0) is 10.3. The Morgan fingerprint density at radius 2 is 2.31 bits per heavy atom. The van der Waals surface area contributed by atoms with Crippen LogP contribution in [0.2, 0.25) is 0 Å². The Balaban J connectivity index is 0.000000310. The topological polar surface area (TPSA) is 87.7 Å². The predicted molar refractivity (Wildman–Crippen MR) is 51.3 cm³/mol. The van der Waals surface area contributed by atoms with Gasteiger partial charge in [0.25, 0.3) is 5.97 Å². The SMILES string of the molecule is CC(=O)O.CC1CCNC(=NN)C1. The Bertz CT molecular complexity index is 188. The first-order chi connectivity index (χ1) is 6.06. The van der Waals surface area contributed by atoms with Crippen molar-refractivity contribution in [1.82, 2.24) is 5.32 Å². The van der Waals surface area contributed by atoms with Crippen molar-refractivity contribution < 1.29 is 9.90 Å². The number of nitrogens with one attached hydrogen (secondary N) is 1. The molecule has 0 aromatic heterocycles. The van der Waals surface area contributed by atoms with Crippen LogP contribution in [0.15, 0.2) is 5.10 Å². The largest absolute Gasteiger partial charge is 0.481 e. The number of carbonyl (C=O) groups is 1. The Morgan fingerprint density at radius 1 is 1.77 bits per heavy atom. The quantitative estimate of drug-likeness (QED) is 0.377. The third-order valence-corrected chi connectivity index (χ3v) is 1.66. The van der Waals surface area contributed by atoms with Crippen molar-refractivity contribution in [3.8, 4) is 0 Å². The molecule has 1 aliphatic heterocycles. The monoisotopic (exact) mass is 187 g/mol. The minimum atomic E-state index is -0.833. The molecular formula is C8H17N3O2. The number of hydrogen-bond donors (Lipinski definition) is 3. The van der Waals surface area contributed by atoms with Crippen LogP contribution in [0, 0.1) is 5.92 Å². The van der Waals surface area contributed by atoms with Crippen molar-refractivity contribution in [3.05, 3.63) is 0 Å². The van der Waals surface area contributed by atoms with E-state index in [4.69, 9.17) is 15.7 Å². The lowest BCUT2D eigenvalue weighted by Gasteiger charge is -2.20. The van der Waals surface area contributed by atoms with Gasteiger partial charge in [0.2, 0.25) is 0 Å². The summed E-state index contributed by atoms with van der Waals surface area (Å²) in [7, 11) is 0. The van der Waals surface area contributed by atoms with Crippen molar-refractivity contribution in [3.63, 3.8) is 0 Å². The minimum absolute atomic E-state index is 0.744. The van der Waals surface area contributed by atoms with Crippen LogP contribution in [-0.4, -0.2) is 23.5 Å². The molecule has 1 heterocycles. The predicted octanol–water partition coefficient (Wildman–Crippen LogP) is 0.369. The highest BCUT2D eigenvalue weighted by Gasteiger charge is 2.11. The fourth-order valence-electron chi connectivity index (χ4n) is 1.07. The molecule has 0 radical (unpaired) electrons. The van der Waals surface area contributed by atoms with Gasteiger partial charge in [-0.3, -0.25) is 4.79 Å². The van der Waals surface area contributed by atoms with Crippen LogP contribution < -0.4 is 11.2 Å². The minimum Gasteiger partial charge on any atom is -0.481 e. The Hall–Kier alpha value is -1.26. The summed E-state index contributed by atoms with van der Waals surface area (Å²) in [5.41, 5.74) is 0. The highest BCUT2D eigenvalue weighted by Crippen LogP contribution is 2.10. The van der Waals surface area contributed by atoms with E-state index in [1.54, 1.807) is 0 Å². The summed E-state index contributed by atoms with van der Waals surface area (Å²) in [6.07, 6.45) is 2.25. The maximum atomic E-state index is 9.00. The number of rotatable bonds is 0. The average molecular weight is 187 g/mol. The van der Waals surface area contributed by atoms with Gasteiger partial charge >= 0.3 is 0 Å². The summed E-state index contributed by atoms with van der Waals surface area (Å²) in [6.45, 7) is 4.32. The summed E-state index contributed by atoms with van der Waals surface area (Å²) in [5.74, 6) is 5.95. The van der Waals surface area contributed by atoms with Gasteiger partial charge in [-0.25, -0.2) is 0 Å². The molecule has 4 N–H and O–H groups in total. The van der Waals surface area contributed by atoms with Crippen LogP contribution in [0.3, 0.4) is 0 Å². The lowest BCUT2D eigenvalue weighted by atomic mass is 10.00. The average Bonchev–Trinajstić information content (AvgIpc) is 2.03. The summed E-state index contributed by atoms with van der Waals surface area (Å²) in [4.78, 5) is 9.00. The zero-order valence-electron chi connectivity index (χ0n) is 8.08. The summed E-state index contributed by atoms with van der Waals surface area (Å²) in [6, 6.07) is 0. The molecule has 0 amide bonds. The molecule has 0 spiro atoms. The van der Waals surface area contributed by atoms with Crippen molar-refractivity contribution >= 4 is 11.8 Å². The number of nitrogens with zero attached hydrogens (tertiary/aromatic N) is 1. The van der Waals surface area contributed by atoms with E-state index in [-0.39, 0.29) is 0 Å². The molecule has 1 rings (SSSR count). The van der Waals surface area contributed by atoms with Crippen LogP contribution in [0.1, 0.15) is 26.7 Å². The lowest BCUT2D eigenvalue weighted by molar-refractivity contribution is -0.134. The Morgan fingerprint density at radius 3 is 2.62 bits per heavy atom. The first kappa shape index (κ1) is 11.7. The number of carboxylic acids is 1. The van der Waals surface area contributed by atoms with Gasteiger partial charge in [0, 0.05) is 19.9 Å². The number of carboxylic acid groups (broad SMARTS) is 1. The van der Waals surface area contributed by atoms with Gasteiger partial charge in [0.15, 0.2) is 0 Å². The van der Waals surface area contributed by atoms with Gasteiger partial charge < -0.3 is 16.3 Å². The molecule has 0 saturated carbocycles. The van der Waals surface area contributed by atoms with Crippen LogP contribution >= 0.6 is 0 Å². The van der Waals surface area contributed by atoms with Crippen LogP contribution in [0.5, 0.6) is 0 Å². The summed E-state index contributed by atoms with van der Waals surface area (Å²) < 4.78 is 0. The van der Waals surface area contributed by atoms with Gasteiger partial charge in [0.05, 0.1) is 0 Å². The van der Waals surface area contributed by atoms with E-state index in [0.29, 0.717) is 0 Å². The highest BCUT2D eigenvalue weighted by atomic mass is 16.4. The normalized spacial score (nSPS) is 24.2. The van der Waals surface area contributed by atoms with Gasteiger partial charge in [-0.2, -0.15) is 5.10 Å². The lowest BCUT2D eigenvalue weighted by Crippen LogP contribution is -2.33. The molecule has 1 saturated heterocycles. The molecule has 0 aliphatic carbocycles. The Kier molecular flexibility index (Phi) is 5.67. The van der Waals surface area contributed by atoms with Crippen molar-refractivity contribution in [1.29, 1.82) is 0 Å². The molecule has 76 valence electrons. The number of nitrogens with two attached hydrogens (primary N) is 1. The van der Waals surface area contributed by atoms with Gasteiger partial charge in [-0.1, -0.05) is 6.92 Å². The highest BCUT2D eigenvalue weighted by molar-refractivity contribution is 5.82. The number of aliphatic carboxylic acids is 1. The van der Waals surface area contributed by atoms with E-state index in [2.05, 4.69) is 17.3 Å². The van der Waals surface area contributed by atoms with Crippen LogP contribution in [0.4, 0.5) is 0 Å². The van der Waals surface area contributed by atoms with Gasteiger partial charge in [-0.05, 0) is 12.3 Å². The number of amidine groups is 1. The summed E-state index contributed by atoms with van der Waals surface area (Å²) >= 11 is 0. The molecule has 5 nitrogen and oxygen atoms in total. The van der Waals surface area contributed by atoms with Crippen LogP contribution in [0.25, 0.3) is 0 Å². The molecular weight excluding hydrogens is 170 g/mol. The van der Waals surface area contributed by atoms with E-state index in [0.717, 1.165) is 31.6 Å². The maximum Gasteiger partial charge on any atom is 0.300 e. The third kappa shape index (κ3) is 7.11. The molecule has 1 unspecified atom stereocenters. The Labute approximate surface area is 78.0 Å². The first-order valence-corrected chi connectivity index (χ1v) is 4.26. The number of piperidine rings is 1.